The molecule has 108 valence electrons. The van der Waals surface area contributed by atoms with Crippen LogP contribution in [0.4, 0.5) is 0 Å². The van der Waals surface area contributed by atoms with E-state index in [2.05, 4.69) is 10.5 Å². The number of amides is 2. The first-order valence-electron chi connectivity index (χ1n) is 6.51. The number of nitrogens with one attached hydrogen (secondary N) is 1. The molecule has 0 bridgehead atoms. The van der Waals surface area contributed by atoms with E-state index in [9.17, 15) is 9.59 Å². The Morgan fingerprint density at radius 2 is 2.16 bits per heavy atom. The maximum absolute atomic E-state index is 12.7. The van der Waals surface area contributed by atoms with Crippen molar-refractivity contribution in [2.75, 3.05) is 13.1 Å². The lowest BCUT2D eigenvalue weighted by atomic mass is 9.79. The highest BCUT2D eigenvalue weighted by molar-refractivity contribution is 6.07. The van der Waals surface area contributed by atoms with E-state index >= 15 is 0 Å². The van der Waals surface area contributed by atoms with Gasteiger partial charge >= 0.3 is 0 Å². The Morgan fingerprint density at radius 1 is 1.58 bits per heavy atom. The summed E-state index contributed by atoms with van der Waals surface area (Å²) in [6.45, 7) is 6.16. The fourth-order valence-electron chi connectivity index (χ4n) is 2.45. The van der Waals surface area contributed by atoms with Crippen molar-refractivity contribution in [3.63, 3.8) is 0 Å². The van der Waals surface area contributed by atoms with Crippen molar-refractivity contribution < 1.29 is 14.8 Å². The number of rotatable bonds is 4. The summed E-state index contributed by atoms with van der Waals surface area (Å²) in [7, 11) is 0. The molecule has 0 aliphatic carbocycles. The van der Waals surface area contributed by atoms with Crippen LogP contribution < -0.4 is 11.1 Å². The second-order valence-corrected chi connectivity index (χ2v) is 4.74. The van der Waals surface area contributed by atoms with E-state index < -0.39 is 11.5 Å². The molecule has 19 heavy (non-hydrogen) atoms. The number of hydrogen-bond donors (Lipinski definition) is 3. The summed E-state index contributed by atoms with van der Waals surface area (Å²) in [4.78, 5) is 25.9. The Hall–Kier alpha value is -1.79. The monoisotopic (exact) mass is 270 g/mol. The van der Waals surface area contributed by atoms with E-state index in [0.29, 0.717) is 25.9 Å². The minimum Gasteiger partial charge on any atom is -0.409 e. The maximum atomic E-state index is 12.7. The number of amidine groups is 1. The standard InChI is InChI=1S/C12H22N4O3/c1-4-12(5-2,10(13)15-19)11(18)16-7-6-14-9(17)8(16)3/h8,19H,4-7H2,1-3H3,(H2,13,15)(H,14,17). The van der Waals surface area contributed by atoms with E-state index in [1.165, 1.54) is 4.90 Å². The summed E-state index contributed by atoms with van der Waals surface area (Å²) in [5.41, 5.74) is 4.67. The summed E-state index contributed by atoms with van der Waals surface area (Å²) in [5, 5.41) is 14.6. The van der Waals surface area contributed by atoms with Crippen LogP contribution in [-0.4, -0.2) is 46.9 Å². The molecule has 1 aliphatic heterocycles. The molecule has 0 aromatic heterocycles. The molecule has 0 saturated carbocycles. The van der Waals surface area contributed by atoms with Crippen molar-refractivity contribution in [2.24, 2.45) is 16.3 Å². The largest absolute Gasteiger partial charge is 0.409 e. The zero-order valence-corrected chi connectivity index (χ0v) is 11.6. The number of carbonyl (C=O) groups excluding carboxylic acids is 2. The van der Waals surface area contributed by atoms with Crippen molar-refractivity contribution in [3.8, 4) is 0 Å². The quantitative estimate of drug-likeness (QED) is 0.286. The minimum absolute atomic E-state index is 0.0966. The number of piperazine rings is 1. The van der Waals surface area contributed by atoms with Gasteiger partial charge in [0.25, 0.3) is 0 Å². The summed E-state index contributed by atoms with van der Waals surface area (Å²) in [5.74, 6) is -0.531. The second kappa shape index (κ2) is 5.90. The third-order valence-corrected chi connectivity index (χ3v) is 3.97. The van der Waals surface area contributed by atoms with Crippen LogP contribution in [0.15, 0.2) is 5.16 Å². The molecule has 0 radical (unpaired) electrons. The van der Waals surface area contributed by atoms with Gasteiger partial charge in [-0.3, -0.25) is 9.59 Å². The molecule has 0 aromatic rings. The van der Waals surface area contributed by atoms with Gasteiger partial charge < -0.3 is 21.2 Å². The third-order valence-electron chi connectivity index (χ3n) is 3.97. The Kier molecular flexibility index (Phi) is 4.74. The van der Waals surface area contributed by atoms with Gasteiger partial charge in [0.15, 0.2) is 5.84 Å². The maximum Gasteiger partial charge on any atom is 0.242 e. The van der Waals surface area contributed by atoms with Gasteiger partial charge in [-0.05, 0) is 19.8 Å². The van der Waals surface area contributed by atoms with Crippen LogP contribution in [0.3, 0.4) is 0 Å². The summed E-state index contributed by atoms with van der Waals surface area (Å²) >= 11 is 0. The number of carbonyl (C=O) groups is 2. The van der Waals surface area contributed by atoms with Gasteiger partial charge in [0.05, 0.1) is 0 Å². The lowest BCUT2D eigenvalue weighted by Gasteiger charge is -2.39. The van der Waals surface area contributed by atoms with Crippen LogP contribution in [0, 0.1) is 5.41 Å². The first-order chi connectivity index (χ1) is 8.94. The van der Waals surface area contributed by atoms with Crippen molar-refractivity contribution in [2.45, 2.75) is 39.7 Å². The fraction of sp³-hybridized carbons (Fsp3) is 0.750. The van der Waals surface area contributed by atoms with Crippen LogP contribution in [0.25, 0.3) is 0 Å². The molecule has 7 nitrogen and oxygen atoms in total. The van der Waals surface area contributed by atoms with Gasteiger partial charge in [-0.15, -0.1) is 0 Å². The van der Waals surface area contributed by atoms with Crippen LogP contribution >= 0.6 is 0 Å². The first-order valence-corrected chi connectivity index (χ1v) is 6.51. The highest BCUT2D eigenvalue weighted by Gasteiger charge is 2.45. The molecular weight excluding hydrogens is 248 g/mol. The molecule has 1 heterocycles. The van der Waals surface area contributed by atoms with Crippen LogP contribution in [0.1, 0.15) is 33.6 Å². The van der Waals surface area contributed by atoms with E-state index in [1.807, 2.05) is 13.8 Å². The van der Waals surface area contributed by atoms with Gasteiger partial charge in [0.1, 0.15) is 11.5 Å². The van der Waals surface area contributed by atoms with Crippen molar-refractivity contribution >= 4 is 17.6 Å². The molecule has 1 aliphatic rings. The van der Waals surface area contributed by atoms with Crippen LogP contribution in [0.5, 0.6) is 0 Å². The fourth-order valence-corrected chi connectivity index (χ4v) is 2.45. The predicted molar refractivity (Wildman–Crippen MR) is 70.6 cm³/mol. The summed E-state index contributed by atoms with van der Waals surface area (Å²) < 4.78 is 0. The van der Waals surface area contributed by atoms with E-state index in [1.54, 1.807) is 6.92 Å². The SMILES string of the molecule is CCC(CC)(C(=O)N1CCNC(=O)C1C)C(N)=NO. The average molecular weight is 270 g/mol. The Balaban J connectivity index is 3.10. The van der Waals surface area contributed by atoms with E-state index in [-0.39, 0.29) is 17.6 Å². The molecule has 2 amide bonds. The van der Waals surface area contributed by atoms with Crippen molar-refractivity contribution in [1.82, 2.24) is 10.2 Å². The number of nitrogens with two attached hydrogens (primary N) is 1. The Bertz CT molecular complexity index is 390. The second-order valence-electron chi connectivity index (χ2n) is 4.74. The van der Waals surface area contributed by atoms with E-state index in [0.717, 1.165) is 0 Å². The topological polar surface area (TPSA) is 108 Å². The number of hydrogen-bond acceptors (Lipinski definition) is 4. The highest BCUT2D eigenvalue weighted by Crippen LogP contribution is 2.30. The first kappa shape index (κ1) is 15.3. The zero-order valence-electron chi connectivity index (χ0n) is 11.6. The van der Waals surface area contributed by atoms with E-state index in [4.69, 9.17) is 10.9 Å². The Labute approximate surface area is 112 Å². The highest BCUT2D eigenvalue weighted by atomic mass is 16.4. The molecular formula is C12H22N4O3. The molecule has 1 saturated heterocycles. The molecule has 7 heteroatoms. The zero-order chi connectivity index (χ0) is 14.6. The summed E-state index contributed by atoms with van der Waals surface area (Å²) in [6.07, 6.45) is 0.839. The molecule has 0 aromatic carbocycles. The third kappa shape index (κ3) is 2.50. The van der Waals surface area contributed by atoms with Gasteiger partial charge in [-0.25, -0.2) is 0 Å². The molecule has 1 unspecified atom stereocenters. The van der Waals surface area contributed by atoms with Crippen LogP contribution in [-0.2, 0) is 9.59 Å². The van der Waals surface area contributed by atoms with Gasteiger partial charge in [-0.2, -0.15) is 0 Å². The Morgan fingerprint density at radius 3 is 2.63 bits per heavy atom. The van der Waals surface area contributed by atoms with Crippen molar-refractivity contribution in [3.05, 3.63) is 0 Å². The van der Waals surface area contributed by atoms with Gasteiger partial charge in [0, 0.05) is 13.1 Å². The molecule has 1 atom stereocenters. The molecule has 4 N–H and O–H groups in total. The lowest BCUT2D eigenvalue weighted by molar-refractivity contribution is -0.148. The predicted octanol–water partition coefficient (Wildman–Crippen LogP) is -0.114. The van der Waals surface area contributed by atoms with Gasteiger partial charge in [0.2, 0.25) is 11.8 Å². The molecule has 1 rings (SSSR count). The number of nitrogens with zero attached hydrogens (tertiary/aromatic N) is 2. The van der Waals surface area contributed by atoms with Gasteiger partial charge in [-0.1, -0.05) is 19.0 Å². The normalized spacial score (nSPS) is 21.2. The van der Waals surface area contributed by atoms with Crippen LogP contribution in [0.2, 0.25) is 0 Å². The summed E-state index contributed by atoms with van der Waals surface area (Å²) in [6, 6.07) is -0.537. The average Bonchev–Trinajstić information content (AvgIpc) is 2.43. The van der Waals surface area contributed by atoms with Crippen molar-refractivity contribution in [1.29, 1.82) is 0 Å². The smallest absolute Gasteiger partial charge is 0.242 e. The molecule has 0 spiro atoms. The molecule has 1 fully saturated rings. The lowest BCUT2D eigenvalue weighted by Crippen LogP contribution is -2.61. The minimum atomic E-state index is -1.04. The number of oxime groups is 1.